The molecule has 6 nitrogen and oxygen atoms in total. The molecule has 1 aromatic carbocycles. The van der Waals surface area contributed by atoms with Gasteiger partial charge in [-0.2, -0.15) is 0 Å². The quantitative estimate of drug-likeness (QED) is 0.600. The van der Waals surface area contributed by atoms with Gasteiger partial charge in [0.25, 0.3) is 5.91 Å². The van der Waals surface area contributed by atoms with Gasteiger partial charge in [-0.05, 0) is 17.7 Å². The van der Waals surface area contributed by atoms with Gasteiger partial charge < -0.3 is 15.4 Å². The van der Waals surface area contributed by atoms with Gasteiger partial charge in [-0.1, -0.05) is 18.2 Å². The molecule has 0 bridgehead atoms. The number of ether oxygens (including phenoxy) is 1. The van der Waals surface area contributed by atoms with E-state index in [1.165, 1.54) is 26.3 Å². The molecule has 2 N–H and O–H groups in total. The van der Waals surface area contributed by atoms with E-state index >= 15 is 0 Å². The third-order valence-electron chi connectivity index (χ3n) is 2.49. The number of nitrogens with one attached hydrogen (secondary N) is 2. The Labute approximate surface area is 116 Å². The number of carbonyl (C=O) groups is 3. The Morgan fingerprint density at radius 1 is 1.25 bits per heavy atom. The van der Waals surface area contributed by atoms with Crippen molar-refractivity contribution in [2.45, 2.75) is 0 Å². The van der Waals surface area contributed by atoms with Gasteiger partial charge in [0, 0.05) is 18.7 Å². The van der Waals surface area contributed by atoms with E-state index in [1.54, 1.807) is 24.3 Å². The molecule has 2 amide bonds. The zero-order valence-electron chi connectivity index (χ0n) is 11.3. The lowest BCUT2D eigenvalue weighted by Crippen LogP contribution is -2.30. The standard InChI is InChI=1S/C14H16N2O4/c1-15-12(17)8-7-10-5-3-4-6-11(10)14(19)16-9-13(18)20-2/h3-8H,9H2,1-2H3,(H,15,17)(H,16,19)/b8-7+. The minimum absolute atomic E-state index is 0.206. The fraction of sp³-hybridized carbons (Fsp3) is 0.214. The fourth-order valence-electron chi connectivity index (χ4n) is 1.42. The first-order chi connectivity index (χ1) is 9.58. The molecule has 0 spiro atoms. The fourth-order valence-corrected chi connectivity index (χ4v) is 1.42. The van der Waals surface area contributed by atoms with Gasteiger partial charge in [-0.15, -0.1) is 0 Å². The van der Waals surface area contributed by atoms with Crippen molar-refractivity contribution < 1.29 is 19.1 Å². The van der Waals surface area contributed by atoms with Gasteiger partial charge >= 0.3 is 5.97 Å². The molecule has 1 rings (SSSR count). The molecule has 1 aromatic rings. The van der Waals surface area contributed by atoms with Crippen LogP contribution in [0, 0.1) is 0 Å². The Hall–Kier alpha value is -2.63. The predicted octanol–water partition coefficient (Wildman–Crippen LogP) is 0.349. The van der Waals surface area contributed by atoms with Crippen molar-refractivity contribution in [3.63, 3.8) is 0 Å². The van der Waals surface area contributed by atoms with Crippen LogP contribution >= 0.6 is 0 Å². The van der Waals surface area contributed by atoms with Crippen LogP contribution < -0.4 is 10.6 Å². The molecule has 0 aliphatic carbocycles. The van der Waals surface area contributed by atoms with Crippen LogP contribution in [0.3, 0.4) is 0 Å². The number of amides is 2. The second-order valence-corrected chi connectivity index (χ2v) is 3.79. The number of benzene rings is 1. The summed E-state index contributed by atoms with van der Waals surface area (Å²) >= 11 is 0. The van der Waals surface area contributed by atoms with Crippen LogP contribution in [-0.2, 0) is 14.3 Å². The second kappa shape index (κ2) is 7.73. The third-order valence-corrected chi connectivity index (χ3v) is 2.49. The average Bonchev–Trinajstić information content (AvgIpc) is 2.49. The van der Waals surface area contributed by atoms with E-state index in [4.69, 9.17) is 0 Å². The van der Waals surface area contributed by atoms with E-state index in [2.05, 4.69) is 15.4 Å². The lowest BCUT2D eigenvalue weighted by Gasteiger charge is -2.06. The number of hydrogen-bond donors (Lipinski definition) is 2. The Kier molecular flexibility index (Phi) is 5.96. The van der Waals surface area contributed by atoms with Gasteiger partial charge in [0.2, 0.25) is 5.91 Å². The number of methoxy groups -OCH3 is 1. The number of rotatable bonds is 5. The molecule has 0 saturated heterocycles. The van der Waals surface area contributed by atoms with Gasteiger partial charge in [0.05, 0.1) is 7.11 Å². The molecule has 0 aliphatic heterocycles. The molecule has 0 saturated carbocycles. The summed E-state index contributed by atoms with van der Waals surface area (Å²) in [5, 5.41) is 4.89. The summed E-state index contributed by atoms with van der Waals surface area (Å²) in [6.45, 7) is -0.206. The lowest BCUT2D eigenvalue weighted by molar-refractivity contribution is -0.139. The highest BCUT2D eigenvalue weighted by Crippen LogP contribution is 2.10. The summed E-state index contributed by atoms with van der Waals surface area (Å²) in [4.78, 5) is 34.1. The van der Waals surface area contributed by atoms with Crippen LogP contribution in [0.2, 0.25) is 0 Å². The van der Waals surface area contributed by atoms with E-state index in [0.717, 1.165) is 0 Å². The Morgan fingerprint density at radius 2 is 1.95 bits per heavy atom. The Balaban J connectivity index is 2.84. The number of carbonyl (C=O) groups excluding carboxylic acids is 3. The van der Waals surface area contributed by atoms with E-state index in [1.807, 2.05) is 0 Å². The molecule has 0 fully saturated rings. The number of hydrogen-bond acceptors (Lipinski definition) is 4. The maximum atomic E-state index is 11.9. The van der Waals surface area contributed by atoms with Crippen molar-refractivity contribution >= 4 is 23.9 Å². The first-order valence-electron chi connectivity index (χ1n) is 5.92. The largest absolute Gasteiger partial charge is 0.468 e. The highest BCUT2D eigenvalue weighted by Gasteiger charge is 2.10. The summed E-state index contributed by atoms with van der Waals surface area (Å²) in [7, 11) is 2.76. The monoisotopic (exact) mass is 276 g/mol. The van der Waals surface area contributed by atoms with Crippen LogP contribution in [0.4, 0.5) is 0 Å². The summed E-state index contributed by atoms with van der Waals surface area (Å²) in [6, 6.07) is 6.76. The van der Waals surface area contributed by atoms with Crippen molar-refractivity contribution in [1.82, 2.24) is 10.6 Å². The van der Waals surface area contributed by atoms with E-state index in [-0.39, 0.29) is 12.5 Å². The summed E-state index contributed by atoms with van der Waals surface area (Å²) < 4.78 is 4.44. The molecule has 0 unspecified atom stereocenters. The summed E-state index contributed by atoms with van der Waals surface area (Å²) in [5.74, 6) is -1.21. The van der Waals surface area contributed by atoms with Crippen LogP contribution in [0.15, 0.2) is 30.3 Å². The van der Waals surface area contributed by atoms with Gasteiger partial charge in [-0.3, -0.25) is 14.4 Å². The molecule has 20 heavy (non-hydrogen) atoms. The van der Waals surface area contributed by atoms with Crippen LogP contribution in [0.1, 0.15) is 15.9 Å². The van der Waals surface area contributed by atoms with Gasteiger partial charge in [0.1, 0.15) is 6.54 Å². The molecule has 0 radical (unpaired) electrons. The molecule has 0 aliphatic rings. The predicted molar refractivity (Wildman–Crippen MR) is 73.9 cm³/mol. The van der Waals surface area contributed by atoms with E-state index < -0.39 is 11.9 Å². The molecular formula is C14H16N2O4. The Morgan fingerprint density at radius 3 is 2.60 bits per heavy atom. The second-order valence-electron chi connectivity index (χ2n) is 3.79. The van der Waals surface area contributed by atoms with E-state index in [0.29, 0.717) is 11.1 Å². The summed E-state index contributed by atoms with van der Waals surface area (Å²) in [5.41, 5.74) is 0.954. The van der Waals surface area contributed by atoms with Crippen molar-refractivity contribution in [1.29, 1.82) is 0 Å². The Bertz CT molecular complexity index is 538. The molecule has 0 heterocycles. The first kappa shape index (κ1) is 15.4. The zero-order chi connectivity index (χ0) is 15.0. The van der Waals surface area contributed by atoms with Crippen LogP contribution in [0.5, 0.6) is 0 Å². The maximum absolute atomic E-state index is 11.9. The first-order valence-corrected chi connectivity index (χ1v) is 5.92. The normalized spacial score (nSPS) is 10.1. The smallest absolute Gasteiger partial charge is 0.325 e. The van der Waals surface area contributed by atoms with Gasteiger partial charge in [0.15, 0.2) is 0 Å². The molecule has 0 atom stereocenters. The van der Waals surface area contributed by atoms with Crippen molar-refractivity contribution in [2.75, 3.05) is 20.7 Å². The average molecular weight is 276 g/mol. The number of esters is 1. The number of likely N-dealkylation sites (N-methyl/N-ethyl adjacent to an activating group) is 1. The third kappa shape index (κ3) is 4.56. The van der Waals surface area contributed by atoms with Crippen molar-refractivity contribution in [3.8, 4) is 0 Å². The van der Waals surface area contributed by atoms with Crippen molar-refractivity contribution in [3.05, 3.63) is 41.5 Å². The SMILES string of the molecule is CNC(=O)/C=C/c1ccccc1C(=O)NCC(=O)OC. The van der Waals surface area contributed by atoms with Gasteiger partial charge in [-0.25, -0.2) is 0 Å². The highest BCUT2D eigenvalue weighted by atomic mass is 16.5. The van der Waals surface area contributed by atoms with Crippen molar-refractivity contribution in [2.24, 2.45) is 0 Å². The molecular weight excluding hydrogens is 260 g/mol. The zero-order valence-corrected chi connectivity index (χ0v) is 11.3. The maximum Gasteiger partial charge on any atom is 0.325 e. The molecule has 6 heteroatoms. The van der Waals surface area contributed by atoms with Crippen LogP contribution in [-0.4, -0.2) is 38.5 Å². The lowest BCUT2D eigenvalue weighted by atomic mass is 10.1. The van der Waals surface area contributed by atoms with Crippen LogP contribution in [0.25, 0.3) is 6.08 Å². The summed E-state index contributed by atoms with van der Waals surface area (Å²) in [6.07, 6.45) is 2.86. The topological polar surface area (TPSA) is 84.5 Å². The highest BCUT2D eigenvalue weighted by molar-refractivity contribution is 6.00. The molecule has 106 valence electrons. The minimum atomic E-state index is -0.531. The molecule has 0 aromatic heterocycles. The van der Waals surface area contributed by atoms with E-state index in [9.17, 15) is 14.4 Å². The minimum Gasteiger partial charge on any atom is -0.468 e.